The number of fused-ring (bicyclic) bond motifs is 1. The van der Waals surface area contributed by atoms with Crippen molar-refractivity contribution in [3.63, 3.8) is 0 Å². The predicted octanol–water partition coefficient (Wildman–Crippen LogP) is 3.45. The van der Waals surface area contributed by atoms with E-state index in [2.05, 4.69) is 16.8 Å². The van der Waals surface area contributed by atoms with Gasteiger partial charge in [-0.2, -0.15) is 0 Å². The Hall–Kier alpha value is -1.51. The van der Waals surface area contributed by atoms with Crippen LogP contribution in [0, 0.1) is 0 Å². The molecular weight excluding hydrogens is 380 g/mol. The maximum atomic E-state index is 11.5. The standard InChI is InChI=1S/C20H24N2O3S2/c1-2-15(18(23)13-5-6-14-16(12-13)27-19(24)21-14)22-9-7-20(25,8-10-22)17-4-3-11-26-17/h3-6,11-12,15,18,23,25H,2,7-10H2,1H3,(H,21,24). The first-order valence-electron chi connectivity index (χ1n) is 9.31. The van der Waals surface area contributed by atoms with E-state index < -0.39 is 11.7 Å². The summed E-state index contributed by atoms with van der Waals surface area (Å²) in [7, 11) is 0. The number of aromatic amines is 1. The van der Waals surface area contributed by atoms with Crippen LogP contribution in [0.4, 0.5) is 0 Å². The first-order chi connectivity index (χ1) is 13.0. The second kappa shape index (κ2) is 7.48. The maximum Gasteiger partial charge on any atom is 0.305 e. The third-order valence-corrected chi connectivity index (χ3v) is 7.55. The predicted molar refractivity (Wildman–Crippen MR) is 111 cm³/mol. The van der Waals surface area contributed by atoms with E-state index in [1.165, 1.54) is 11.3 Å². The Bertz CT molecular complexity index is 955. The lowest BCUT2D eigenvalue weighted by Gasteiger charge is -2.42. The number of thiophene rings is 1. The second-order valence-electron chi connectivity index (χ2n) is 7.24. The topological polar surface area (TPSA) is 76.6 Å². The van der Waals surface area contributed by atoms with Gasteiger partial charge in [0, 0.05) is 24.0 Å². The van der Waals surface area contributed by atoms with Crippen molar-refractivity contribution in [3.8, 4) is 0 Å². The van der Waals surface area contributed by atoms with Crippen molar-refractivity contribution in [3.05, 3.63) is 55.8 Å². The van der Waals surface area contributed by atoms with E-state index in [-0.39, 0.29) is 10.9 Å². The highest BCUT2D eigenvalue weighted by Crippen LogP contribution is 2.37. The van der Waals surface area contributed by atoms with E-state index in [0.717, 1.165) is 40.2 Å². The molecule has 3 heterocycles. The van der Waals surface area contributed by atoms with E-state index in [4.69, 9.17) is 0 Å². The van der Waals surface area contributed by atoms with Crippen LogP contribution in [0.1, 0.15) is 42.7 Å². The van der Waals surface area contributed by atoms with Crippen molar-refractivity contribution in [2.75, 3.05) is 13.1 Å². The first-order valence-corrected chi connectivity index (χ1v) is 11.0. The van der Waals surface area contributed by atoms with E-state index in [9.17, 15) is 15.0 Å². The summed E-state index contributed by atoms with van der Waals surface area (Å²) in [5, 5.41) is 24.0. The summed E-state index contributed by atoms with van der Waals surface area (Å²) in [6.07, 6.45) is 1.55. The SMILES string of the molecule is CCC(C(O)c1ccc2[nH]c(=O)sc2c1)N1CCC(O)(c2cccs2)CC1. The zero-order valence-electron chi connectivity index (χ0n) is 15.2. The Labute approximate surface area is 165 Å². The molecule has 3 aromatic rings. The fourth-order valence-corrected chi connectivity index (χ4v) is 5.73. The summed E-state index contributed by atoms with van der Waals surface area (Å²) >= 11 is 2.77. The molecule has 5 nitrogen and oxygen atoms in total. The zero-order valence-corrected chi connectivity index (χ0v) is 16.9. The number of nitrogens with one attached hydrogen (secondary N) is 1. The number of piperidine rings is 1. The second-order valence-corrected chi connectivity index (χ2v) is 9.20. The number of hydrogen-bond acceptors (Lipinski definition) is 6. The molecule has 0 amide bonds. The molecular formula is C20H24N2O3S2. The van der Waals surface area contributed by atoms with Gasteiger partial charge in [-0.25, -0.2) is 0 Å². The van der Waals surface area contributed by atoms with Crippen LogP contribution >= 0.6 is 22.7 Å². The molecule has 1 saturated heterocycles. The van der Waals surface area contributed by atoms with Crippen LogP contribution in [0.25, 0.3) is 10.2 Å². The van der Waals surface area contributed by atoms with Gasteiger partial charge in [0.05, 0.1) is 16.3 Å². The number of likely N-dealkylation sites (tertiary alicyclic amines) is 1. The lowest BCUT2D eigenvalue weighted by Crippen LogP contribution is -2.48. The summed E-state index contributed by atoms with van der Waals surface area (Å²) in [6.45, 7) is 3.59. The minimum absolute atomic E-state index is 0.00833. The molecule has 1 aliphatic heterocycles. The molecule has 0 spiro atoms. The zero-order chi connectivity index (χ0) is 19.0. The number of aliphatic hydroxyl groups excluding tert-OH is 1. The number of rotatable bonds is 5. The van der Waals surface area contributed by atoms with Crippen LogP contribution in [0.15, 0.2) is 40.5 Å². The van der Waals surface area contributed by atoms with Gasteiger partial charge in [-0.05, 0) is 48.4 Å². The third-order valence-electron chi connectivity index (χ3n) is 5.64. The summed E-state index contributed by atoms with van der Waals surface area (Å²) in [6, 6.07) is 9.65. The smallest absolute Gasteiger partial charge is 0.305 e. The fourth-order valence-electron chi connectivity index (χ4n) is 4.06. The van der Waals surface area contributed by atoms with Gasteiger partial charge in [0.15, 0.2) is 0 Å². The van der Waals surface area contributed by atoms with Crippen molar-refractivity contribution < 1.29 is 10.2 Å². The van der Waals surface area contributed by atoms with Crippen LogP contribution in [-0.4, -0.2) is 39.2 Å². The van der Waals surface area contributed by atoms with Gasteiger partial charge in [0.2, 0.25) is 0 Å². The van der Waals surface area contributed by atoms with Crippen molar-refractivity contribution in [1.29, 1.82) is 0 Å². The van der Waals surface area contributed by atoms with Crippen LogP contribution in [0.5, 0.6) is 0 Å². The molecule has 144 valence electrons. The average molecular weight is 405 g/mol. The Morgan fingerprint density at radius 2 is 2.07 bits per heavy atom. The van der Waals surface area contributed by atoms with Crippen molar-refractivity contribution >= 4 is 32.9 Å². The molecule has 4 rings (SSSR count). The van der Waals surface area contributed by atoms with E-state index in [1.807, 2.05) is 35.7 Å². The summed E-state index contributed by atoms with van der Waals surface area (Å²) in [5.74, 6) is 0. The number of aliphatic hydroxyl groups is 2. The monoisotopic (exact) mass is 404 g/mol. The lowest BCUT2D eigenvalue weighted by atomic mass is 9.87. The summed E-state index contributed by atoms with van der Waals surface area (Å²) in [4.78, 5) is 17.6. The summed E-state index contributed by atoms with van der Waals surface area (Å²) in [5.41, 5.74) is 0.904. The number of H-pyrrole nitrogens is 1. The van der Waals surface area contributed by atoms with Gasteiger partial charge < -0.3 is 15.2 Å². The molecule has 2 aromatic heterocycles. The highest BCUT2D eigenvalue weighted by molar-refractivity contribution is 7.16. The number of thiazole rings is 1. The minimum atomic E-state index is -0.746. The van der Waals surface area contributed by atoms with Crippen LogP contribution in [-0.2, 0) is 5.60 Å². The van der Waals surface area contributed by atoms with Gasteiger partial charge in [-0.3, -0.25) is 9.69 Å². The first kappa shape index (κ1) is 18.8. The molecule has 0 aliphatic carbocycles. The number of hydrogen-bond donors (Lipinski definition) is 3. The molecule has 1 aliphatic rings. The number of aromatic nitrogens is 1. The highest BCUT2D eigenvalue weighted by atomic mass is 32.1. The minimum Gasteiger partial charge on any atom is -0.387 e. The molecule has 0 bridgehead atoms. The summed E-state index contributed by atoms with van der Waals surface area (Å²) < 4.78 is 0.872. The third kappa shape index (κ3) is 3.62. The number of benzene rings is 1. The average Bonchev–Trinajstić information content (AvgIpc) is 3.32. The molecule has 2 atom stereocenters. The number of nitrogens with zero attached hydrogens (tertiary/aromatic N) is 1. The largest absolute Gasteiger partial charge is 0.387 e. The van der Waals surface area contributed by atoms with Gasteiger partial charge in [-0.1, -0.05) is 30.4 Å². The lowest BCUT2D eigenvalue weighted by molar-refractivity contribution is -0.0520. The van der Waals surface area contributed by atoms with Crippen LogP contribution in [0.3, 0.4) is 0 Å². The van der Waals surface area contributed by atoms with E-state index >= 15 is 0 Å². The van der Waals surface area contributed by atoms with Gasteiger partial charge >= 0.3 is 4.87 Å². The fraction of sp³-hybridized carbons (Fsp3) is 0.450. The van der Waals surface area contributed by atoms with Gasteiger partial charge in [-0.15, -0.1) is 11.3 Å². The van der Waals surface area contributed by atoms with Gasteiger partial charge in [0.25, 0.3) is 0 Å². The molecule has 3 N–H and O–H groups in total. The molecule has 27 heavy (non-hydrogen) atoms. The van der Waals surface area contributed by atoms with E-state index in [0.29, 0.717) is 12.8 Å². The Balaban J connectivity index is 1.50. The van der Waals surface area contributed by atoms with Crippen molar-refractivity contribution in [2.24, 2.45) is 0 Å². The molecule has 0 radical (unpaired) electrons. The molecule has 1 fully saturated rings. The van der Waals surface area contributed by atoms with Crippen LogP contribution < -0.4 is 4.87 Å². The van der Waals surface area contributed by atoms with Crippen molar-refractivity contribution in [1.82, 2.24) is 9.88 Å². The molecule has 0 saturated carbocycles. The quantitative estimate of drug-likeness (QED) is 0.609. The van der Waals surface area contributed by atoms with E-state index in [1.54, 1.807) is 11.3 Å². The van der Waals surface area contributed by atoms with Gasteiger partial charge in [0.1, 0.15) is 5.60 Å². The molecule has 7 heteroatoms. The molecule has 2 unspecified atom stereocenters. The highest BCUT2D eigenvalue weighted by Gasteiger charge is 2.38. The Morgan fingerprint density at radius 1 is 1.30 bits per heavy atom. The Kier molecular flexibility index (Phi) is 5.22. The van der Waals surface area contributed by atoms with Crippen LogP contribution in [0.2, 0.25) is 0 Å². The normalized spacial score (nSPS) is 20.0. The maximum absolute atomic E-state index is 11.5. The molecule has 1 aromatic carbocycles. The van der Waals surface area contributed by atoms with Crippen molar-refractivity contribution in [2.45, 2.75) is 43.9 Å². The Morgan fingerprint density at radius 3 is 2.74 bits per heavy atom.